The summed E-state index contributed by atoms with van der Waals surface area (Å²) in [5.74, 6) is 2.89. The maximum Gasteiger partial charge on any atom is 0.309 e. The highest BCUT2D eigenvalue weighted by molar-refractivity contribution is 5.77. The van der Waals surface area contributed by atoms with E-state index < -0.39 is 0 Å². The number of hydrogen-bond donors (Lipinski definition) is 2. The number of amides is 1. The quantitative estimate of drug-likeness (QED) is 0.721. The van der Waals surface area contributed by atoms with Crippen LogP contribution in [0.5, 0.6) is 0 Å². The number of carbonyl (C=O) groups is 2. The van der Waals surface area contributed by atoms with E-state index in [-0.39, 0.29) is 17.8 Å². The molecule has 1 aliphatic heterocycles. The van der Waals surface area contributed by atoms with Crippen LogP contribution >= 0.6 is 0 Å². The highest BCUT2D eigenvalue weighted by Crippen LogP contribution is 2.61. The monoisotopic (exact) mass is 363 g/mol. The standard InChI is InChI=1S/C21H34N2O3/c1-14(21-10-15-7-16(11-21)9-17(8-15)12-21)22-19(24)13-23-5-3-18(4-6-23)20(25)26-2/h14-18H,3-13H2,1-2H3,(H,22,24)/p+1/t14-,15?,16?,17?,21?/m0/s1. The molecule has 1 amide bonds. The number of esters is 1. The first-order valence-corrected chi connectivity index (χ1v) is 10.7. The minimum absolute atomic E-state index is 0.0257. The average molecular weight is 364 g/mol. The van der Waals surface area contributed by atoms with Gasteiger partial charge in [-0.05, 0) is 68.6 Å². The molecular weight excluding hydrogens is 328 g/mol. The molecule has 5 aliphatic rings. The maximum atomic E-state index is 12.7. The van der Waals surface area contributed by atoms with Crippen molar-refractivity contribution in [3.05, 3.63) is 0 Å². The van der Waals surface area contributed by atoms with E-state index in [1.807, 2.05) is 0 Å². The van der Waals surface area contributed by atoms with Gasteiger partial charge in [-0.2, -0.15) is 0 Å². The van der Waals surface area contributed by atoms with Crippen molar-refractivity contribution in [1.29, 1.82) is 0 Å². The Labute approximate surface area is 157 Å². The minimum Gasteiger partial charge on any atom is -0.469 e. The van der Waals surface area contributed by atoms with Crippen LogP contribution in [-0.2, 0) is 14.3 Å². The van der Waals surface area contributed by atoms with Gasteiger partial charge in [-0.3, -0.25) is 9.59 Å². The number of piperidine rings is 1. The van der Waals surface area contributed by atoms with Gasteiger partial charge in [-0.1, -0.05) is 0 Å². The molecule has 0 aromatic heterocycles. The number of quaternary nitrogens is 1. The van der Waals surface area contributed by atoms with E-state index in [4.69, 9.17) is 4.74 Å². The summed E-state index contributed by atoms with van der Waals surface area (Å²) < 4.78 is 4.85. The van der Waals surface area contributed by atoms with E-state index >= 15 is 0 Å². The molecule has 4 aliphatic carbocycles. The van der Waals surface area contributed by atoms with Gasteiger partial charge in [0.1, 0.15) is 0 Å². The molecule has 5 rings (SSSR count). The lowest BCUT2D eigenvalue weighted by Crippen LogP contribution is -3.14. The summed E-state index contributed by atoms with van der Waals surface area (Å²) in [6.45, 7) is 4.58. The molecular formula is C21H35N2O3+. The maximum absolute atomic E-state index is 12.7. The molecule has 0 radical (unpaired) electrons. The van der Waals surface area contributed by atoms with Crippen molar-refractivity contribution in [2.45, 2.75) is 64.3 Å². The fraction of sp³-hybridized carbons (Fsp3) is 0.905. The molecule has 0 spiro atoms. The van der Waals surface area contributed by atoms with Gasteiger partial charge < -0.3 is 15.0 Å². The van der Waals surface area contributed by atoms with Crippen LogP contribution in [0.15, 0.2) is 0 Å². The first-order chi connectivity index (χ1) is 12.5. The first kappa shape index (κ1) is 18.3. The van der Waals surface area contributed by atoms with Crippen LogP contribution in [0.3, 0.4) is 0 Å². The van der Waals surface area contributed by atoms with Gasteiger partial charge >= 0.3 is 5.97 Å². The number of methoxy groups -OCH3 is 1. The summed E-state index contributed by atoms with van der Waals surface area (Å²) in [6.07, 6.45) is 9.99. The molecule has 4 bridgehead atoms. The summed E-state index contributed by atoms with van der Waals surface area (Å²) >= 11 is 0. The van der Waals surface area contributed by atoms with E-state index in [0.717, 1.165) is 43.7 Å². The molecule has 5 fully saturated rings. The van der Waals surface area contributed by atoms with Crippen LogP contribution in [0.1, 0.15) is 58.3 Å². The Kier molecular flexibility index (Phi) is 5.02. The number of carbonyl (C=O) groups excluding carboxylic acids is 2. The fourth-order valence-corrected chi connectivity index (χ4v) is 6.99. The third-order valence-corrected chi connectivity index (χ3v) is 8.02. The molecule has 5 heteroatoms. The van der Waals surface area contributed by atoms with Crippen molar-refractivity contribution in [2.75, 3.05) is 26.7 Å². The zero-order valence-corrected chi connectivity index (χ0v) is 16.4. The predicted octanol–water partition coefficient (Wildman–Crippen LogP) is 1.18. The van der Waals surface area contributed by atoms with Crippen molar-refractivity contribution in [3.8, 4) is 0 Å². The Hall–Kier alpha value is -1.10. The Bertz CT molecular complexity index is 518. The van der Waals surface area contributed by atoms with Gasteiger partial charge in [0, 0.05) is 18.9 Å². The normalized spacial score (nSPS) is 42.3. The summed E-state index contributed by atoms with van der Waals surface area (Å²) in [4.78, 5) is 25.6. The molecule has 4 saturated carbocycles. The van der Waals surface area contributed by atoms with Gasteiger partial charge in [-0.25, -0.2) is 0 Å². The van der Waals surface area contributed by atoms with Crippen LogP contribution < -0.4 is 10.2 Å². The van der Waals surface area contributed by atoms with Gasteiger partial charge in [0.2, 0.25) is 0 Å². The molecule has 0 aromatic carbocycles. The van der Waals surface area contributed by atoms with Gasteiger partial charge in [0.25, 0.3) is 5.91 Å². The smallest absolute Gasteiger partial charge is 0.309 e. The topological polar surface area (TPSA) is 59.8 Å². The van der Waals surface area contributed by atoms with E-state index in [2.05, 4.69) is 12.2 Å². The highest BCUT2D eigenvalue weighted by Gasteiger charge is 2.53. The third-order valence-electron chi connectivity index (χ3n) is 8.02. The van der Waals surface area contributed by atoms with E-state index in [1.165, 1.54) is 50.5 Å². The molecule has 0 unspecified atom stereocenters. The van der Waals surface area contributed by atoms with Crippen LogP contribution in [0.2, 0.25) is 0 Å². The number of nitrogens with one attached hydrogen (secondary N) is 2. The Balaban J connectivity index is 1.27. The lowest BCUT2D eigenvalue weighted by atomic mass is 9.48. The van der Waals surface area contributed by atoms with E-state index in [1.54, 1.807) is 0 Å². The molecule has 1 atom stereocenters. The van der Waals surface area contributed by atoms with Crippen molar-refractivity contribution in [2.24, 2.45) is 29.1 Å². The fourth-order valence-electron chi connectivity index (χ4n) is 6.99. The third kappa shape index (κ3) is 3.51. The molecule has 1 heterocycles. The SMILES string of the molecule is COC(=O)C1CC[NH+](CC(=O)N[C@@H](C)C23CC4CC(CC(C4)C2)C3)CC1. The minimum atomic E-state index is -0.0936. The van der Waals surface area contributed by atoms with Gasteiger partial charge in [-0.15, -0.1) is 0 Å². The number of hydrogen-bond acceptors (Lipinski definition) is 3. The second-order valence-corrected chi connectivity index (χ2v) is 9.79. The van der Waals surface area contributed by atoms with Crippen LogP contribution in [0, 0.1) is 29.1 Å². The molecule has 2 N–H and O–H groups in total. The van der Waals surface area contributed by atoms with Crippen LogP contribution in [0.25, 0.3) is 0 Å². The van der Waals surface area contributed by atoms with Crippen LogP contribution in [0.4, 0.5) is 0 Å². The Morgan fingerprint density at radius 2 is 1.62 bits per heavy atom. The van der Waals surface area contributed by atoms with Crippen molar-refractivity contribution < 1.29 is 19.2 Å². The summed E-state index contributed by atoms with van der Waals surface area (Å²) in [7, 11) is 1.46. The number of ether oxygens (including phenoxy) is 1. The lowest BCUT2D eigenvalue weighted by molar-refractivity contribution is -0.897. The van der Waals surface area contributed by atoms with Crippen LogP contribution in [-0.4, -0.2) is 44.7 Å². The zero-order valence-electron chi connectivity index (χ0n) is 16.4. The van der Waals surface area contributed by atoms with Crippen molar-refractivity contribution >= 4 is 11.9 Å². The average Bonchev–Trinajstić information content (AvgIpc) is 2.60. The second-order valence-electron chi connectivity index (χ2n) is 9.79. The summed E-state index contributed by atoms with van der Waals surface area (Å²) in [5.41, 5.74) is 0.373. The largest absolute Gasteiger partial charge is 0.469 e. The summed E-state index contributed by atoms with van der Waals surface area (Å²) in [5, 5.41) is 3.38. The van der Waals surface area contributed by atoms with Gasteiger partial charge in [0.05, 0.1) is 26.1 Å². The Morgan fingerprint density at radius 1 is 1.08 bits per heavy atom. The van der Waals surface area contributed by atoms with Crippen molar-refractivity contribution in [3.63, 3.8) is 0 Å². The summed E-state index contributed by atoms with van der Waals surface area (Å²) in [6, 6.07) is 0.301. The molecule has 26 heavy (non-hydrogen) atoms. The molecule has 1 saturated heterocycles. The lowest BCUT2D eigenvalue weighted by Gasteiger charge is -2.59. The zero-order chi connectivity index (χ0) is 18.3. The van der Waals surface area contributed by atoms with Crippen molar-refractivity contribution in [1.82, 2.24) is 5.32 Å². The highest BCUT2D eigenvalue weighted by atomic mass is 16.5. The first-order valence-electron chi connectivity index (χ1n) is 10.7. The second kappa shape index (κ2) is 7.14. The number of likely N-dealkylation sites (tertiary alicyclic amines) is 1. The van der Waals surface area contributed by atoms with E-state index in [9.17, 15) is 9.59 Å². The molecule has 146 valence electrons. The van der Waals surface area contributed by atoms with Gasteiger partial charge in [0.15, 0.2) is 6.54 Å². The number of rotatable bonds is 5. The van der Waals surface area contributed by atoms with E-state index in [0.29, 0.717) is 18.0 Å². The molecule has 0 aromatic rings. The predicted molar refractivity (Wildman–Crippen MR) is 98.5 cm³/mol. The Morgan fingerprint density at radius 3 is 2.12 bits per heavy atom. The molecule has 5 nitrogen and oxygen atoms in total.